The lowest BCUT2D eigenvalue weighted by Gasteiger charge is -2.16. The van der Waals surface area contributed by atoms with Gasteiger partial charge in [0.25, 0.3) is 0 Å². The second kappa shape index (κ2) is 5.23. The van der Waals surface area contributed by atoms with Crippen molar-refractivity contribution in [1.82, 2.24) is 4.98 Å². The minimum absolute atomic E-state index is 0.326. The van der Waals surface area contributed by atoms with E-state index in [2.05, 4.69) is 16.4 Å². The Bertz CT molecular complexity index is 463. The molecule has 0 aliphatic heterocycles. The van der Waals surface area contributed by atoms with Gasteiger partial charge in [0, 0.05) is 26.5 Å². The molecule has 1 aliphatic carbocycles. The molecule has 1 fully saturated rings. The molecule has 1 aromatic heterocycles. The minimum atomic E-state index is 0.326. The topological polar surface area (TPSA) is 84.0 Å². The van der Waals surface area contributed by atoms with Crippen LogP contribution in [-0.2, 0) is 4.74 Å². The lowest BCUT2D eigenvalue weighted by Crippen LogP contribution is -2.18. The van der Waals surface area contributed by atoms with Crippen molar-refractivity contribution in [2.24, 2.45) is 5.41 Å². The molecule has 96 valence electrons. The SMILES string of the molecule is COCCC1(CNc2nccc(C#N)c2N)CC1. The highest BCUT2D eigenvalue weighted by Crippen LogP contribution is 2.48. The monoisotopic (exact) mass is 246 g/mol. The fraction of sp³-hybridized carbons (Fsp3) is 0.538. The van der Waals surface area contributed by atoms with Gasteiger partial charge in [-0.1, -0.05) is 0 Å². The van der Waals surface area contributed by atoms with Crippen LogP contribution in [0.15, 0.2) is 12.3 Å². The van der Waals surface area contributed by atoms with Crippen molar-refractivity contribution in [3.05, 3.63) is 17.8 Å². The number of aromatic nitrogens is 1. The first-order chi connectivity index (χ1) is 8.71. The largest absolute Gasteiger partial charge is 0.395 e. The van der Waals surface area contributed by atoms with E-state index in [-0.39, 0.29) is 0 Å². The van der Waals surface area contributed by atoms with E-state index < -0.39 is 0 Å². The Morgan fingerprint density at radius 1 is 1.61 bits per heavy atom. The van der Waals surface area contributed by atoms with Crippen molar-refractivity contribution in [2.75, 3.05) is 31.3 Å². The number of nitrogens with two attached hydrogens (primary N) is 1. The number of nitrogen functional groups attached to an aromatic ring is 1. The summed E-state index contributed by atoms with van der Waals surface area (Å²) in [6, 6.07) is 3.68. The number of hydrogen-bond acceptors (Lipinski definition) is 5. The second-order valence-corrected chi connectivity index (χ2v) is 4.83. The molecule has 0 unspecified atom stereocenters. The van der Waals surface area contributed by atoms with E-state index in [1.165, 1.54) is 12.8 Å². The van der Waals surface area contributed by atoms with Crippen molar-refractivity contribution in [2.45, 2.75) is 19.3 Å². The Morgan fingerprint density at radius 2 is 2.39 bits per heavy atom. The summed E-state index contributed by atoms with van der Waals surface area (Å²) in [5.41, 5.74) is 7.10. The lowest BCUT2D eigenvalue weighted by molar-refractivity contribution is 0.175. The molecule has 1 aliphatic rings. The molecule has 3 N–H and O–H groups in total. The van der Waals surface area contributed by atoms with Crippen LogP contribution in [0.1, 0.15) is 24.8 Å². The summed E-state index contributed by atoms with van der Waals surface area (Å²) < 4.78 is 5.12. The van der Waals surface area contributed by atoms with E-state index in [0.717, 1.165) is 19.6 Å². The summed E-state index contributed by atoms with van der Waals surface area (Å²) in [4.78, 5) is 4.18. The van der Waals surface area contributed by atoms with Crippen LogP contribution >= 0.6 is 0 Å². The fourth-order valence-corrected chi connectivity index (χ4v) is 1.99. The van der Waals surface area contributed by atoms with Crippen LogP contribution in [0.2, 0.25) is 0 Å². The number of rotatable bonds is 6. The maximum absolute atomic E-state index is 8.90. The first-order valence-electron chi connectivity index (χ1n) is 6.08. The van der Waals surface area contributed by atoms with Gasteiger partial charge in [0.15, 0.2) is 5.82 Å². The number of hydrogen-bond donors (Lipinski definition) is 2. The van der Waals surface area contributed by atoms with Crippen LogP contribution in [0.5, 0.6) is 0 Å². The van der Waals surface area contributed by atoms with E-state index in [0.29, 0.717) is 22.5 Å². The molecule has 0 atom stereocenters. The van der Waals surface area contributed by atoms with Gasteiger partial charge in [-0.3, -0.25) is 0 Å². The summed E-state index contributed by atoms with van der Waals surface area (Å²) in [5.74, 6) is 0.609. The van der Waals surface area contributed by atoms with Crippen LogP contribution in [0.4, 0.5) is 11.5 Å². The van der Waals surface area contributed by atoms with Gasteiger partial charge >= 0.3 is 0 Å². The maximum Gasteiger partial charge on any atom is 0.150 e. The van der Waals surface area contributed by atoms with Gasteiger partial charge in [-0.2, -0.15) is 5.26 Å². The minimum Gasteiger partial charge on any atom is -0.395 e. The highest BCUT2D eigenvalue weighted by atomic mass is 16.5. The second-order valence-electron chi connectivity index (χ2n) is 4.83. The van der Waals surface area contributed by atoms with Gasteiger partial charge in [0.1, 0.15) is 6.07 Å². The standard InChI is InChI=1S/C13H18N4O/c1-18-7-5-13(3-4-13)9-17-12-11(15)10(8-14)2-6-16-12/h2,6H,3-5,7,9,15H2,1H3,(H,16,17). The molecule has 18 heavy (non-hydrogen) atoms. The van der Waals surface area contributed by atoms with Gasteiger partial charge < -0.3 is 15.8 Å². The lowest BCUT2D eigenvalue weighted by atomic mass is 10.0. The van der Waals surface area contributed by atoms with Gasteiger partial charge in [0.2, 0.25) is 0 Å². The normalized spacial score (nSPS) is 16.0. The predicted octanol–water partition coefficient (Wildman–Crippen LogP) is 1.76. The molecule has 0 radical (unpaired) electrons. The van der Waals surface area contributed by atoms with Crippen LogP contribution < -0.4 is 11.1 Å². The van der Waals surface area contributed by atoms with Gasteiger partial charge in [-0.05, 0) is 30.7 Å². The van der Waals surface area contributed by atoms with Gasteiger partial charge in [-0.25, -0.2) is 4.98 Å². The Labute approximate surface area is 107 Å². The van der Waals surface area contributed by atoms with Crippen LogP contribution in [0, 0.1) is 16.7 Å². The first-order valence-corrected chi connectivity index (χ1v) is 6.08. The van der Waals surface area contributed by atoms with Crippen LogP contribution in [-0.4, -0.2) is 25.2 Å². The number of methoxy groups -OCH3 is 1. The van der Waals surface area contributed by atoms with Gasteiger partial charge in [-0.15, -0.1) is 0 Å². The Hall–Kier alpha value is -1.80. The zero-order chi connectivity index (χ0) is 13.0. The average molecular weight is 246 g/mol. The number of ether oxygens (including phenoxy) is 1. The summed E-state index contributed by atoms with van der Waals surface area (Å²) in [7, 11) is 1.72. The number of nitrogens with zero attached hydrogens (tertiary/aromatic N) is 2. The molecule has 0 saturated heterocycles. The van der Waals surface area contributed by atoms with E-state index in [1.54, 1.807) is 19.4 Å². The molecule has 0 spiro atoms. The molecular weight excluding hydrogens is 228 g/mol. The van der Waals surface area contributed by atoms with Crippen molar-refractivity contribution in [3.8, 4) is 6.07 Å². The Balaban J connectivity index is 1.97. The Morgan fingerprint density at radius 3 is 3.00 bits per heavy atom. The molecular formula is C13H18N4O. The maximum atomic E-state index is 8.90. The van der Waals surface area contributed by atoms with Crippen LogP contribution in [0.25, 0.3) is 0 Å². The summed E-state index contributed by atoms with van der Waals surface area (Å²) in [6.07, 6.45) is 5.07. The average Bonchev–Trinajstić information content (AvgIpc) is 3.16. The van der Waals surface area contributed by atoms with Crippen molar-refractivity contribution in [1.29, 1.82) is 5.26 Å². The Kier molecular flexibility index (Phi) is 3.68. The number of anilines is 2. The predicted molar refractivity (Wildman–Crippen MR) is 70.0 cm³/mol. The molecule has 1 aromatic rings. The van der Waals surface area contributed by atoms with Crippen molar-refractivity contribution in [3.63, 3.8) is 0 Å². The third-order valence-electron chi connectivity index (χ3n) is 3.54. The molecule has 1 saturated carbocycles. The van der Waals surface area contributed by atoms with Crippen molar-refractivity contribution < 1.29 is 4.74 Å². The third-order valence-corrected chi connectivity index (χ3v) is 3.54. The smallest absolute Gasteiger partial charge is 0.150 e. The molecule has 5 nitrogen and oxygen atoms in total. The van der Waals surface area contributed by atoms with Crippen LogP contribution in [0.3, 0.4) is 0 Å². The summed E-state index contributed by atoms with van der Waals surface area (Å²) >= 11 is 0. The fourth-order valence-electron chi connectivity index (χ4n) is 1.99. The molecule has 1 heterocycles. The van der Waals surface area contributed by atoms with Gasteiger partial charge in [0.05, 0.1) is 11.3 Å². The van der Waals surface area contributed by atoms with Crippen molar-refractivity contribution >= 4 is 11.5 Å². The molecule has 2 rings (SSSR count). The number of nitrogens with one attached hydrogen (secondary N) is 1. The van der Waals surface area contributed by atoms with E-state index in [4.69, 9.17) is 15.7 Å². The highest BCUT2D eigenvalue weighted by Gasteiger charge is 2.41. The first kappa shape index (κ1) is 12.7. The quantitative estimate of drug-likeness (QED) is 0.799. The zero-order valence-electron chi connectivity index (χ0n) is 10.6. The van der Waals surface area contributed by atoms with E-state index >= 15 is 0 Å². The zero-order valence-corrected chi connectivity index (χ0v) is 10.6. The molecule has 0 amide bonds. The molecule has 0 aromatic carbocycles. The summed E-state index contributed by atoms with van der Waals surface area (Å²) in [5, 5.41) is 12.2. The highest BCUT2D eigenvalue weighted by molar-refractivity contribution is 5.68. The number of nitriles is 1. The molecule has 0 bridgehead atoms. The molecule has 5 heteroatoms. The third kappa shape index (κ3) is 2.71. The summed E-state index contributed by atoms with van der Waals surface area (Å²) in [6.45, 7) is 1.62. The van der Waals surface area contributed by atoms with E-state index in [9.17, 15) is 0 Å². The number of pyridine rings is 1. The van der Waals surface area contributed by atoms with E-state index in [1.807, 2.05) is 0 Å².